The molecule has 0 saturated heterocycles. The van der Waals surface area contributed by atoms with E-state index in [1.54, 1.807) is 14.0 Å². The van der Waals surface area contributed by atoms with Gasteiger partial charge in [0.25, 0.3) is 0 Å². The van der Waals surface area contributed by atoms with E-state index in [-0.39, 0.29) is 5.54 Å². The molecule has 0 radical (unpaired) electrons. The molecule has 0 saturated carbocycles. The third-order valence-electron chi connectivity index (χ3n) is 3.37. The average Bonchev–Trinajstić information content (AvgIpc) is 2.39. The van der Waals surface area contributed by atoms with E-state index in [9.17, 15) is 5.11 Å². The molecule has 0 spiro atoms. The molecule has 2 N–H and O–H groups in total. The predicted octanol–water partition coefficient (Wildman–Crippen LogP) is 3.11. The SMILES string of the molecule is CCOc1c(Br)cc(CNC(C)(C)C(C)O)cc1OC. The van der Waals surface area contributed by atoms with Gasteiger partial charge in [-0.3, -0.25) is 0 Å². The van der Waals surface area contributed by atoms with E-state index < -0.39 is 6.10 Å². The lowest BCUT2D eigenvalue weighted by Crippen LogP contribution is -2.47. The maximum absolute atomic E-state index is 9.71. The Labute approximate surface area is 129 Å². The first-order valence-electron chi connectivity index (χ1n) is 6.74. The Kier molecular flexibility index (Phi) is 6.30. The fraction of sp³-hybridized carbons (Fsp3) is 0.600. The summed E-state index contributed by atoms with van der Waals surface area (Å²) >= 11 is 3.51. The van der Waals surface area contributed by atoms with E-state index in [2.05, 4.69) is 21.2 Å². The van der Waals surface area contributed by atoms with Gasteiger partial charge in [0.05, 0.1) is 24.3 Å². The van der Waals surface area contributed by atoms with Crippen molar-refractivity contribution in [3.8, 4) is 11.5 Å². The molecule has 1 rings (SSSR count). The van der Waals surface area contributed by atoms with Crippen molar-refractivity contribution in [2.24, 2.45) is 0 Å². The molecule has 20 heavy (non-hydrogen) atoms. The second kappa shape index (κ2) is 7.29. The van der Waals surface area contributed by atoms with Gasteiger partial charge < -0.3 is 19.9 Å². The number of hydrogen-bond donors (Lipinski definition) is 2. The van der Waals surface area contributed by atoms with Crippen molar-refractivity contribution < 1.29 is 14.6 Å². The van der Waals surface area contributed by atoms with Crippen molar-refractivity contribution >= 4 is 15.9 Å². The van der Waals surface area contributed by atoms with Crippen molar-refractivity contribution in [1.82, 2.24) is 5.32 Å². The van der Waals surface area contributed by atoms with Crippen LogP contribution in [0.1, 0.15) is 33.3 Å². The number of rotatable bonds is 7. The van der Waals surface area contributed by atoms with E-state index in [1.165, 1.54) is 0 Å². The summed E-state index contributed by atoms with van der Waals surface area (Å²) in [5.41, 5.74) is 0.712. The minimum atomic E-state index is -0.435. The summed E-state index contributed by atoms with van der Waals surface area (Å²) in [7, 11) is 1.63. The van der Waals surface area contributed by atoms with Gasteiger partial charge in [0.2, 0.25) is 0 Å². The van der Waals surface area contributed by atoms with Crippen molar-refractivity contribution in [2.75, 3.05) is 13.7 Å². The van der Waals surface area contributed by atoms with E-state index >= 15 is 0 Å². The van der Waals surface area contributed by atoms with Gasteiger partial charge in [-0.25, -0.2) is 0 Å². The standard InChI is InChI=1S/C15H24BrNO3/c1-6-20-14-12(16)7-11(8-13(14)19-5)9-17-15(3,4)10(2)18/h7-8,10,17-18H,6,9H2,1-5H3. The molecule has 1 atom stereocenters. The third kappa shape index (κ3) is 4.36. The summed E-state index contributed by atoms with van der Waals surface area (Å²) in [6, 6.07) is 3.94. The molecule has 0 fully saturated rings. The van der Waals surface area contributed by atoms with Crippen LogP contribution >= 0.6 is 15.9 Å². The largest absolute Gasteiger partial charge is 0.493 e. The number of aliphatic hydroxyl groups excluding tert-OH is 1. The fourth-order valence-electron chi connectivity index (χ4n) is 1.64. The zero-order valence-electron chi connectivity index (χ0n) is 12.8. The van der Waals surface area contributed by atoms with Gasteiger partial charge >= 0.3 is 0 Å². The summed E-state index contributed by atoms with van der Waals surface area (Å²) in [6.45, 7) is 8.88. The number of benzene rings is 1. The van der Waals surface area contributed by atoms with E-state index in [0.29, 0.717) is 24.7 Å². The Hall–Kier alpha value is -0.780. The summed E-state index contributed by atoms with van der Waals surface area (Å²) in [5, 5.41) is 13.0. The second-order valence-electron chi connectivity index (χ2n) is 5.29. The molecule has 0 aliphatic carbocycles. The number of halogens is 1. The normalized spacial score (nSPS) is 13.2. The molecule has 5 heteroatoms. The molecule has 0 aliphatic rings. The molecular formula is C15H24BrNO3. The molecule has 0 aromatic heterocycles. The lowest BCUT2D eigenvalue weighted by molar-refractivity contribution is 0.0956. The fourth-order valence-corrected chi connectivity index (χ4v) is 2.24. The van der Waals surface area contributed by atoms with Crippen molar-refractivity contribution in [3.63, 3.8) is 0 Å². The summed E-state index contributed by atoms with van der Waals surface area (Å²) < 4.78 is 11.8. The Morgan fingerprint density at radius 3 is 2.55 bits per heavy atom. The molecule has 4 nitrogen and oxygen atoms in total. The molecule has 0 aliphatic heterocycles. The highest BCUT2D eigenvalue weighted by Crippen LogP contribution is 2.36. The first-order valence-corrected chi connectivity index (χ1v) is 7.53. The minimum Gasteiger partial charge on any atom is -0.493 e. The highest BCUT2D eigenvalue weighted by Gasteiger charge is 2.23. The van der Waals surface area contributed by atoms with Crippen LogP contribution in [-0.4, -0.2) is 30.5 Å². The van der Waals surface area contributed by atoms with Gasteiger partial charge in [0, 0.05) is 12.1 Å². The van der Waals surface area contributed by atoms with Gasteiger partial charge in [-0.05, 0) is 61.3 Å². The van der Waals surface area contributed by atoms with Crippen LogP contribution < -0.4 is 14.8 Å². The lowest BCUT2D eigenvalue weighted by atomic mass is 9.98. The van der Waals surface area contributed by atoms with Crippen molar-refractivity contribution in [1.29, 1.82) is 0 Å². The molecule has 0 amide bonds. The van der Waals surface area contributed by atoms with E-state index in [0.717, 1.165) is 10.0 Å². The lowest BCUT2D eigenvalue weighted by Gasteiger charge is -2.29. The Morgan fingerprint density at radius 2 is 2.05 bits per heavy atom. The van der Waals surface area contributed by atoms with Gasteiger partial charge in [-0.1, -0.05) is 0 Å². The average molecular weight is 346 g/mol. The Morgan fingerprint density at radius 1 is 1.40 bits per heavy atom. The smallest absolute Gasteiger partial charge is 0.175 e. The van der Waals surface area contributed by atoms with Gasteiger partial charge in [-0.15, -0.1) is 0 Å². The third-order valence-corrected chi connectivity index (χ3v) is 3.96. The van der Waals surface area contributed by atoms with Crippen LogP contribution in [0, 0.1) is 0 Å². The first kappa shape index (κ1) is 17.3. The summed E-state index contributed by atoms with van der Waals surface area (Å²) in [4.78, 5) is 0. The van der Waals surface area contributed by atoms with Crippen LogP contribution in [0.2, 0.25) is 0 Å². The number of nitrogens with one attached hydrogen (secondary N) is 1. The molecular weight excluding hydrogens is 322 g/mol. The van der Waals surface area contributed by atoms with Crippen LogP contribution in [0.25, 0.3) is 0 Å². The van der Waals surface area contributed by atoms with Crippen molar-refractivity contribution in [2.45, 2.75) is 45.9 Å². The highest BCUT2D eigenvalue weighted by atomic mass is 79.9. The van der Waals surface area contributed by atoms with E-state index in [1.807, 2.05) is 32.9 Å². The van der Waals surface area contributed by atoms with Gasteiger partial charge in [0.15, 0.2) is 11.5 Å². The molecule has 1 unspecified atom stereocenters. The number of methoxy groups -OCH3 is 1. The van der Waals surface area contributed by atoms with Gasteiger partial charge in [0.1, 0.15) is 0 Å². The second-order valence-corrected chi connectivity index (χ2v) is 6.15. The molecule has 1 aromatic carbocycles. The monoisotopic (exact) mass is 345 g/mol. The van der Waals surface area contributed by atoms with Crippen LogP contribution in [0.4, 0.5) is 0 Å². The maximum Gasteiger partial charge on any atom is 0.175 e. The highest BCUT2D eigenvalue weighted by molar-refractivity contribution is 9.10. The molecule has 1 aromatic rings. The molecule has 114 valence electrons. The zero-order valence-corrected chi connectivity index (χ0v) is 14.4. The number of hydrogen-bond acceptors (Lipinski definition) is 4. The Balaban J connectivity index is 2.90. The van der Waals surface area contributed by atoms with Crippen LogP contribution in [0.5, 0.6) is 11.5 Å². The van der Waals surface area contributed by atoms with Crippen molar-refractivity contribution in [3.05, 3.63) is 22.2 Å². The quantitative estimate of drug-likeness (QED) is 0.797. The van der Waals surface area contributed by atoms with Gasteiger partial charge in [-0.2, -0.15) is 0 Å². The summed E-state index contributed by atoms with van der Waals surface area (Å²) in [5.74, 6) is 1.42. The Bertz CT molecular complexity index is 447. The van der Waals surface area contributed by atoms with E-state index in [4.69, 9.17) is 9.47 Å². The zero-order chi connectivity index (χ0) is 15.3. The minimum absolute atomic E-state index is 0.349. The maximum atomic E-state index is 9.71. The molecule has 0 bridgehead atoms. The topological polar surface area (TPSA) is 50.7 Å². The molecule has 0 heterocycles. The van der Waals surface area contributed by atoms with Crippen LogP contribution in [-0.2, 0) is 6.54 Å². The number of ether oxygens (including phenoxy) is 2. The number of aliphatic hydroxyl groups is 1. The summed E-state index contributed by atoms with van der Waals surface area (Å²) in [6.07, 6.45) is -0.435. The predicted molar refractivity (Wildman–Crippen MR) is 84.5 cm³/mol. The van der Waals surface area contributed by atoms with Crippen LogP contribution in [0.3, 0.4) is 0 Å². The first-order chi connectivity index (χ1) is 9.31. The van der Waals surface area contributed by atoms with Crippen LogP contribution in [0.15, 0.2) is 16.6 Å².